The van der Waals surface area contributed by atoms with Crippen molar-refractivity contribution in [2.75, 3.05) is 27.2 Å². The van der Waals surface area contributed by atoms with Crippen molar-refractivity contribution in [2.24, 2.45) is 0 Å². The zero-order chi connectivity index (χ0) is 19.3. The predicted octanol–water partition coefficient (Wildman–Crippen LogP) is 2.71. The highest BCUT2D eigenvalue weighted by molar-refractivity contribution is 7.89. The van der Waals surface area contributed by atoms with Crippen LogP contribution in [0, 0.1) is 6.92 Å². The van der Waals surface area contributed by atoms with Gasteiger partial charge in [-0.1, -0.05) is 29.3 Å². The summed E-state index contributed by atoms with van der Waals surface area (Å²) in [6.07, 6.45) is 0. The lowest BCUT2D eigenvalue weighted by Gasteiger charge is -2.13. The van der Waals surface area contributed by atoms with Crippen molar-refractivity contribution in [1.82, 2.24) is 9.62 Å². The van der Waals surface area contributed by atoms with Crippen LogP contribution in [0.1, 0.15) is 15.9 Å². The topological polar surface area (TPSA) is 75.7 Å². The van der Waals surface area contributed by atoms with Gasteiger partial charge in [0.25, 0.3) is 5.91 Å². The third kappa shape index (κ3) is 4.97. The van der Waals surface area contributed by atoms with Crippen molar-refractivity contribution in [3.05, 3.63) is 58.6 Å². The van der Waals surface area contributed by atoms with Gasteiger partial charge in [-0.25, -0.2) is 12.7 Å². The highest BCUT2D eigenvalue weighted by Crippen LogP contribution is 2.22. The van der Waals surface area contributed by atoms with Crippen LogP contribution >= 0.6 is 11.6 Å². The van der Waals surface area contributed by atoms with Crippen LogP contribution in [0.25, 0.3) is 0 Å². The van der Waals surface area contributed by atoms with Gasteiger partial charge >= 0.3 is 0 Å². The number of nitrogens with zero attached hydrogens (tertiary/aromatic N) is 1. The summed E-state index contributed by atoms with van der Waals surface area (Å²) in [5, 5.41) is 2.85. The van der Waals surface area contributed by atoms with Crippen LogP contribution in [0.15, 0.2) is 47.4 Å². The van der Waals surface area contributed by atoms with Crippen LogP contribution in [-0.4, -0.2) is 45.9 Å². The predicted molar refractivity (Wildman–Crippen MR) is 101 cm³/mol. The van der Waals surface area contributed by atoms with E-state index in [1.807, 2.05) is 31.2 Å². The maximum atomic E-state index is 12.3. The molecule has 6 nitrogen and oxygen atoms in total. The molecule has 2 rings (SSSR count). The molecule has 0 aromatic heterocycles. The zero-order valence-corrected chi connectivity index (χ0v) is 16.4. The molecule has 0 saturated heterocycles. The SMILES string of the molecule is Cc1ccc(OCCNC(=O)c2cc(S(=O)(=O)N(C)C)ccc2Cl)cc1. The molecule has 0 saturated carbocycles. The molecule has 0 unspecified atom stereocenters. The van der Waals surface area contributed by atoms with Crippen molar-refractivity contribution in [3.63, 3.8) is 0 Å². The fourth-order valence-electron chi connectivity index (χ4n) is 2.11. The summed E-state index contributed by atoms with van der Waals surface area (Å²) in [6, 6.07) is 11.6. The van der Waals surface area contributed by atoms with E-state index in [4.69, 9.17) is 16.3 Å². The van der Waals surface area contributed by atoms with Crippen LogP contribution < -0.4 is 10.1 Å². The Morgan fingerprint density at radius 3 is 2.42 bits per heavy atom. The normalized spacial score (nSPS) is 11.4. The molecule has 0 fully saturated rings. The molecule has 1 amide bonds. The monoisotopic (exact) mass is 396 g/mol. The summed E-state index contributed by atoms with van der Waals surface area (Å²) in [5.41, 5.74) is 1.23. The lowest BCUT2D eigenvalue weighted by molar-refractivity contribution is 0.0947. The number of aryl methyl sites for hydroxylation is 1. The quantitative estimate of drug-likeness (QED) is 0.730. The summed E-state index contributed by atoms with van der Waals surface area (Å²) in [7, 11) is -0.799. The van der Waals surface area contributed by atoms with Gasteiger partial charge in [0.05, 0.1) is 22.0 Å². The molecular formula is C18H21ClN2O4S. The number of nitrogens with one attached hydrogen (secondary N) is 1. The molecule has 140 valence electrons. The van der Waals surface area contributed by atoms with E-state index < -0.39 is 15.9 Å². The van der Waals surface area contributed by atoms with Gasteiger partial charge in [-0.3, -0.25) is 4.79 Å². The Bertz CT molecular complexity index is 881. The summed E-state index contributed by atoms with van der Waals surface area (Å²) in [5.74, 6) is 0.250. The Morgan fingerprint density at radius 2 is 1.81 bits per heavy atom. The number of carbonyl (C=O) groups excluding carboxylic acids is 1. The Morgan fingerprint density at radius 1 is 1.15 bits per heavy atom. The van der Waals surface area contributed by atoms with E-state index in [1.165, 1.54) is 32.3 Å². The second kappa shape index (κ2) is 8.53. The number of ether oxygens (including phenoxy) is 1. The fraction of sp³-hybridized carbons (Fsp3) is 0.278. The molecule has 0 heterocycles. The third-order valence-corrected chi connectivity index (χ3v) is 5.78. The lowest BCUT2D eigenvalue weighted by Crippen LogP contribution is -2.29. The van der Waals surface area contributed by atoms with E-state index >= 15 is 0 Å². The van der Waals surface area contributed by atoms with E-state index in [0.29, 0.717) is 5.75 Å². The van der Waals surface area contributed by atoms with E-state index in [1.54, 1.807) is 0 Å². The average Bonchev–Trinajstić information content (AvgIpc) is 2.60. The van der Waals surface area contributed by atoms with E-state index in [0.717, 1.165) is 9.87 Å². The number of benzene rings is 2. The second-order valence-corrected chi connectivity index (χ2v) is 8.41. The molecule has 0 atom stereocenters. The number of rotatable bonds is 7. The first-order valence-corrected chi connectivity index (χ1v) is 9.73. The minimum absolute atomic E-state index is 0.00737. The van der Waals surface area contributed by atoms with Crippen LogP contribution in [-0.2, 0) is 10.0 Å². The summed E-state index contributed by atoms with van der Waals surface area (Å²) in [6.45, 7) is 2.52. The third-order valence-electron chi connectivity index (χ3n) is 3.64. The van der Waals surface area contributed by atoms with E-state index in [-0.39, 0.29) is 28.6 Å². The Kier molecular flexibility index (Phi) is 6.63. The van der Waals surface area contributed by atoms with Gasteiger partial charge < -0.3 is 10.1 Å². The molecule has 2 aromatic carbocycles. The largest absolute Gasteiger partial charge is 0.492 e. The van der Waals surface area contributed by atoms with Gasteiger partial charge in [0.15, 0.2) is 0 Å². The maximum absolute atomic E-state index is 12.3. The average molecular weight is 397 g/mol. The van der Waals surface area contributed by atoms with Crippen molar-refractivity contribution >= 4 is 27.5 Å². The fourth-order valence-corrected chi connectivity index (χ4v) is 3.24. The molecule has 0 radical (unpaired) electrons. The van der Waals surface area contributed by atoms with Crippen LogP contribution in [0.2, 0.25) is 5.02 Å². The molecule has 0 bridgehead atoms. The first-order valence-electron chi connectivity index (χ1n) is 7.91. The van der Waals surface area contributed by atoms with Crippen LogP contribution in [0.3, 0.4) is 0 Å². The minimum Gasteiger partial charge on any atom is -0.492 e. The van der Waals surface area contributed by atoms with Crippen molar-refractivity contribution < 1.29 is 17.9 Å². The number of hydrogen-bond acceptors (Lipinski definition) is 4. The van der Waals surface area contributed by atoms with Gasteiger partial charge in [0, 0.05) is 14.1 Å². The smallest absolute Gasteiger partial charge is 0.252 e. The van der Waals surface area contributed by atoms with Crippen molar-refractivity contribution in [3.8, 4) is 5.75 Å². The molecule has 1 N–H and O–H groups in total. The molecule has 0 aliphatic heterocycles. The summed E-state index contributed by atoms with van der Waals surface area (Å²) >= 11 is 6.04. The highest BCUT2D eigenvalue weighted by atomic mass is 35.5. The minimum atomic E-state index is -3.64. The summed E-state index contributed by atoms with van der Waals surface area (Å²) < 4.78 is 31.0. The van der Waals surface area contributed by atoms with Crippen molar-refractivity contribution in [2.45, 2.75) is 11.8 Å². The number of sulfonamides is 1. The second-order valence-electron chi connectivity index (χ2n) is 5.85. The van der Waals surface area contributed by atoms with Gasteiger partial charge in [-0.05, 0) is 37.3 Å². The number of hydrogen-bond donors (Lipinski definition) is 1. The standard InChI is InChI=1S/C18H21ClN2O4S/c1-13-4-6-14(7-5-13)25-11-10-20-18(22)16-12-15(8-9-17(16)19)26(23,24)21(2)3/h4-9,12H,10-11H2,1-3H3,(H,20,22). The number of carbonyl (C=O) groups is 1. The van der Waals surface area contributed by atoms with Crippen LogP contribution in [0.5, 0.6) is 5.75 Å². The van der Waals surface area contributed by atoms with Crippen LogP contribution in [0.4, 0.5) is 0 Å². The van der Waals surface area contributed by atoms with Gasteiger partial charge in [-0.15, -0.1) is 0 Å². The van der Waals surface area contributed by atoms with Crippen molar-refractivity contribution in [1.29, 1.82) is 0 Å². The first kappa shape index (κ1) is 20.2. The van der Waals surface area contributed by atoms with Gasteiger partial charge in [-0.2, -0.15) is 0 Å². The first-order chi connectivity index (χ1) is 12.2. The molecule has 26 heavy (non-hydrogen) atoms. The molecule has 0 spiro atoms. The molecule has 8 heteroatoms. The molecule has 0 aliphatic carbocycles. The van der Waals surface area contributed by atoms with E-state index in [9.17, 15) is 13.2 Å². The van der Waals surface area contributed by atoms with E-state index in [2.05, 4.69) is 5.32 Å². The number of halogens is 1. The Labute approximate surface area is 158 Å². The van der Waals surface area contributed by atoms with Gasteiger partial charge in [0.2, 0.25) is 10.0 Å². The number of amides is 1. The molecular weight excluding hydrogens is 376 g/mol. The Balaban J connectivity index is 1.99. The zero-order valence-electron chi connectivity index (χ0n) is 14.8. The molecule has 2 aromatic rings. The molecule has 0 aliphatic rings. The Hall–Kier alpha value is -2.09. The highest BCUT2D eigenvalue weighted by Gasteiger charge is 2.20. The lowest BCUT2D eigenvalue weighted by atomic mass is 10.2. The maximum Gasteiger partial charge on any atom is 0.252 e. The summed E-state index contributed by atoms with van der Waals surface area (Å²) in [4.78, 5) is 12.3. The van der Waals surface area contributed by atoms with Gasteiger partial charge in [0.1, 0.15) is 12.4 Å².